The van der Waals surface area contributed by atoms with Gasteiger partial charge >= 0.3 is 0 Å². The van der Waals surface area contributed by atoms with Crippen LogP contribution in [0.4, 0.5) is 0 Å². The summed E-state index contributed by atoms with van der Waals surface area (Å²) in [4.78, 5) is 13.0. The largest absolute Gasteiger partial charge is 0.507 e. The van der Waals surface area contributed by atoms with Gasteiger partial charge in [-0.2, -0.15) is 0 Å². The number of phenolic OH excluding ortho intramolecular Hbond substituents is 4. The van der Waals surface area contributed by atoms with Gasteiger partial charge in [-0.05, 0) is 25.1 Å². The van der Waals surface area contributed by atoms with E-state index >= 15 is 0 Å². The summed E-state index contributed by atoms with van der Waals surface area (Å²) >= 11 is 0. The van der Waals surface area contributed by atoms with Gasteiger partial charge in [0, 0.05) is 17.7 Å². The molecule has 0 bridgehead atoms. The van der Waals surface area contributed by atoms with E-state index in [0.29, 0.717) is 0 Å². The Morgan fingerprint density at radius 1 is 0.762 bits per heavy atom. The number of hydrogen-bond donors (Lipinski definition) is 10. The third-order valence-corrected chi connectivity index (χ3v) is 7.50. The molecular weight excluding hydrogens is 564 g/mol. The quantitative estimate of drug-likeness (QED) is 0.153. The van der Waals surface area contributed by atoms with Crippen molar-refractivity contribution in [1.82, 2.24) is 0 Å². The third kappa shape index (κ3) is 5.15. The third-order valence-electron chi connectivity index (χ3n) is 7.50. The predicted octanol–water partition coefficient (Wildman–Crippen LogP) is -1.35. The molecule has 0 radical (unpaired) electrons. The molecule has 5 rings (SSSR count). The molecule has 3 aromatic rings. The Morgan fingerprint density at radius 2 is 1.45 bits per heavy atom. The number of fused-ring (bicyclic) bond motifs is 1. The lowest BCUT2D eigenvalue weighted by Crippen LogP contribution is -2.59. The molecule has 2 saturated heterocycles. The number of benzene rings is 2. The highest BCUT2D eigenvalue weighted by molar-refractivity contribution is 5.88. The van der Waals surface area contributed by atoms with Gasteiger partial charge in [0.1, 0.15) is 77.1 Å². The molecule has 0 aliphatic carbocycles. The van der Waals surface area contributed by atoms with Gasteiger partial charge in [-0.1, -0.05) is 0 Å². The summed E-state index contributed by atoms with van der Waals surface area (Å²) in [7, 11) is 0. The van der Waals surface area contributed by atoms with Gasteiger partial charge in [0.15, 0.2) is 23.2 Å². The zero-order valence-corrected chi connectivity index (χ0v) is 21.9. The number of ether oxygens (including phenoxy) is 3. The molecule has 228 valence electrons. The minimum absolute atomic E-state index is 0.0712. The summed E-state index contributed by atoms with van der Waals surface area (Å²) in [5.41, 5.74) is -1.38. The van der Waals surface area contributed by atoms with E-state index in [1.807, 2.05) is 0 Å². The Morgan fingerprint density at radius 3 is 2.14 bits per heavy atom. The number of hydrogen-bond acceptors (Lipinski definition) is 15. The molecule has 2 aliphatic rings. The molecule has 0 amide bonds. The summed E-state index contributed by atoms with van der Waals surface area (Å²) in [5, 5.41) is 103. The van der Waals surface area contributed by atoms with Gasteiger partial charge in [0.25, 0.3) is 0 Å². The van der Waals surface area contributed by atoms with E-state index in [1.165, 1.54) is 19.1 Å². The highest BCUT2D eigenvalue weighted by Crippen LogP contribution is 2.45. The first-order valence-corrected chi connectivity index (χ1v) is 12.9. The van der Waals surface area contributed by atoms with Gasteiger partial charge in [-0.25, -0.2) is 0 Å². The lowest BCUT2D eigenvalue weighted by molar-refractivity contribution is -0.308. The van der Waals surface area contributed by atoms with E-state index in [-0.39, 0.29) is 16.9 Å². The molecule has 10 atom stereocenters. The van der Waals surface area contributed by atoms with Crippen molar-refractivity contribution in [3.05, 3.63) is 46.1 Å². The van der Waals surface area contributed by atoms with Gasteiger partial charge < -0.3 is 69.7 Å². The molecule has 3 heterocycles. The summed E-state index contributed by atoms with van der Waals surface area (Å²) in [6.45, 7) is 0.844. The normalized spacial score (nSPS) is 33.6. The Labute approximate surface area is 236 Å². The van der Waals surface area contributed by atoms with E-state index in [4.69, 9.17) is 18.6 Å². The van der Waals surface area contributed by atoms with Crippen LogP contribution in [0.5, 0.6) is 23.0 Å². The van der Waals surface area contributed by atoms with Crippen LogP contribution in [-0.2, 0) is 14.2 Å². The van der Waals surface area contributed by atoms with Gasteiger partial charge in [-0.3, -0.25) is 4.79 Å². The van der Waals surface area contributed by atoms with Crippen LogP contribution >= 0.6 is 0 Å². The number of aliphatic hydroxyl groups excluding tert-OH is 6. The van der Waals surface area contributed by atoms with Crippen molar-refractivity contribution in [2.45, 2.75) is 68.1 Å². The van der Waals surface area contributed by atoms with Crippen LogP contribution in [0.1, 0.15) is 18.6 Å². The standard InChI is InChI=1S/C27H30O15/c1-8-19(32)22(35)25(38)27(40-8)39-7-16-20(33)23(36)24(37)26(42-16)18-13(31)6-15-17(21(18)34)12(30)5-14(41-15)9-2-3-10(28)11(29)4-9/h2-6,8,16,19-20,22-29,31-38H,7H2,1H3/t8-,16-,19-,20+,22-,23-,24+,25+,26-,27+/m0/s1. The van der Waals surface area contributed by atoms with Crippen molar-refractivity contribution in [2.24, 2.45) is 0 Å². The highest BCUT2D eigenvalue weighted by Gasteiger charge is 2.48. The Bertz CT molecular complexity index is 1520. The SMILES string of the molecule is C[C@@H]1O[C@@H](OC[C@@H]2O[C@@H](c3c(O)cc4oc(-c5ccc(O)c(O)c5)cc(=O)c4c3O)[C@H](O)[C@@H](O)[C@@H]2O)[C@H](O)[C@@H](O)[C@H]1O. The molecule has 1 aromatic heterocycles. The maximum Gasteiger partial charge on any atom is 0.197 e. The molecule has 2 aliphatic heterocycles. The van der Waals surface area contributed by atoms with Crippen molar-refractivity contribution in [1.29, 1.82) is 0 Å². The van der Waals surface area contributed by atoms with Gasteiger partial charge in [0.2, 0.25) is 0 Å². The fourth-order valence-electron chi connectivity index (χ4n) is 5.07. The maximum absolute atomic E-state index is 13.0. The molecular formula is C27H30O15. The minimum atomic E-state index is -1.91. The zero-order chi connectivity index (χ0) is 30.6. The van der Waals surface area contributed by atoms with Crippen molar-refractivity contribution >= 4 is 11.0 Å². The topological polar surface area (TPSA) is 260 Å². The predicted molar refractivity (Wildman–Crippen MR) is 139 cm³/mol. The fraction of sp³-hybridized carbons (Fsp3) is 0.444. The van der Waals surface area contributed by atoms with E-state index < -0.39 is 107 Å². The average molecular weight is 595 g/mol. The maximum atomic E-state index is 13.0. The molecule has 0 saturated carbocycles. The van der Waals surface area contributed by atoms with Crippen molar-refractivity contribution < 1.29 is 69.7 Å². The average Bonchev–Trinajstić information content (AvgIpc) is 2.94. The molecule has 10 N–H and O–H groups in total. The first kappa shape index (κ1) is 30.0. The van der Waals surface area contributed by atoms with E-state index in [0.717, 1.165) is 18.2 Å². The summed E-state index contributed by atoms with van der Waals surface area (Å²) < 4.78 is 22.1. The smallest absolute Gasteiger partial charge is 0.197 e. The molecule has 0 unspecified atom stereocenters. The van der Waals surface area contributed by atoms with E-state index in [2.05, 4.69) is 0 Å². The van der Waals surface area contributed by atoms with Gasteiger partial charge in [0.05, 0.1) is 18.3 Å². The fourth-order valence-corrected chi connectivity index (χ4v) is 5.07. The van der Waals surface area contributed by atoms with Crippen LogP contribution < -0.4 is 5.43 Å². The highest BCUT2D eigenvalue weighted by atomic mass is 16.7. The Kier molecular flexibility index (Phi) is 8.06. The number of aliphatic hydroxyl groups is 6. The van der Waals surface area contributed by atoms with Crippen molar-refractivity contribution in [2.75, 3.05) is 6.61 Å². The summed E-state index contributed by atoms with van der Waals surface area (Å²) in [5.74, 6) is -2.51. The van der Waals surface area contributed by atoms with Crippen LogP contribution in [0.3, 0.4) is 0 Å². The Balaban J connectivity index is 1.45. The second-order valence-electron chi connectivity index (χ2n) is 10.3. The molecule has 2 aromatic carbocycles. The summed E-state index contributed by atoms with van der Waals surface area (Å²) in [6.07, 6.45) is -15.8. The van der Waals surface area contributed by atoms with E-state index in [1.54, 1.807) is 0 Å². The number of aromatic hydroxyl groups is 4. The minimum Gasteiger partial charge on any atom is -0.507 e. The molecule has 42 heavy (non-hydrogen) atoms. The number of phenols is 4. The van der Waals surface area contributed by atoms with E-state index in [9.17, 15) is 55.9 Å². The lowest BCUT2D eigenvalue weighted by Gasteiger charge is -2.43. The Hall–Kier alpha value is -3.51. The second kappa shape index (κ2) is 11.3. The molecule has 15 nitrogen and oxygen atoms in total. The van der Waals surface area contributed by atoms with Gasteiger partial charge in [-0.15, -0.1) is 0 Å². The molecule has 2 fully saturated rings. The van der Waals surface area contributed by atoms with Crippen molar-refractivity contribution in [3.8, 4) is 34.3 Å². The van der Waals surface area contributed by atoms with Crippen LogP contribution in [0.2, 0.25) is 0 Å². The number of rotatable bonds is 5. The summed E-state index contributed by atoms with van der Waals surface area (Å²) in [6, 6.07) is 5.62. The van der Waals surface area contributed by atoms with Crippen LogP contribution in [0, 0.1) is 0 Å². The first-order chi connectivity index (χ1) is 19.8. The monoisotopic (exact) mass is 594 g/mol. The second-order valence-corrected chi connectivity index (χ2v) is 10.3. The van der Waals surface area contributed by atoms with Crippen LogP contribution in [0.25, 0.3) is 22.3 Å². The molecule has 15 heteroatoms. The lowest BCUT2D eigenvalue weighted by atomic mass is 9.89. The molecule has 0 spiro atoms. The zero-order valence-electron chi connectivity index (χ0n) is 21.9. The van der Waals surface area contributed by atoms with Crippen LogP contribution in [0.15, 0.2) is 39.5 Å². The van der Waals surface area contributed by atoms with Crippen molar-refractivity contribution in [3.63, 3.8) is 0 Å². The first-order valence-electron chi connectivity index (χ1n) is 12.9. The van der Waals surface area contributed by atoms with Crippen LogP contribution in [-0.4, -0.2) is 113 Å².